The molecule has 1 amide bonds. The molecule has 9 heteroatoms. The molecule has 35 heavy (non-hydrogen) atoms. The van der Waals surface area contributed by atoms with Crippen molar-refractivity contribution in [3.63, 3.8) is 0 Å². The minimum Gasteiger partial charge on any atom is -0.379 e. The van der Waals surface area contributed by atoms with E-state index in [9.17, 15) is 9.18 Å². The van der Waals surface area contributed by atoms with Crippen molar-refractivity contribution < 1.29 is 13.9 Å². The highest BCUT2D eigenvalue weighted by molar-refractivity contribution is 6.06. The molecule has 0 bridgehead atoms. The van der Waals surface area contributed by atoms with Crippen molar-refractivity contribution in [3.8, 4) is 11.3 Å². The molecular weight excluding hydrogens is 447 g/mol. The van der Waals surface area contributed by atoms with Gasteiger partial charge >= 0.3 is 0 Å². The number of benzene rings is 1. The number of carbonyl (C=O) groups is 1. The first-order valence-electron chi connectivity index (χ1n) is 11.7. The smallest absolute Gasteiger partial charge is 0.254 e. The molecule has 0 aliphatic carbocycles. The van der Waals surface area contributed by atoms with E-state index >= 15 is 0 Å². The number of nitrogens with one attached hydrogen (secondary N) is 2. The molecule has 0 saturated carbocycles. The Morgan fingerprint density at radius 1 is 1.11 bits per heavy atom. The second kappa shape index (κ2) is 8.75. The Hall–Kier alpha value is -3.82. The Morgan fingerprint density at radius 2 is 1.97 bits per heavy atom. The zero-order valence-electron chi connectivity index (χ0n) is 19.3. The maximum Gasteiger partial charge on any atom is 0.254 e. The second-order valence-corrected chi connectivity index (χ2v) is 8.91. The molecular formula is C26H25FN6O2. The van der Waals surface area contributed by atoms with Crippen LogP contribution < -0.4 is 10.6 Å². The number of fused-ring (bicyclic) bond motifs is 2. The topological polar surface area (TPSA) is 83.8 Å². The van der Waals surface area contributed by atoms with E-state index in [1.165, 1.54) is 0 Å². The van der Waals surface area contributed by atoms with E-state index in [1.54, 1.807) is 29.8 Å². The van der Waals surface area contributed by atoms with Gasteiger partial charge in [0.15, 0.2) is 11.5 Å². The molecule has 6 rings (SSSR count). The average Bonchev–Trinajstić information content (AvgIpc) is 3.48. The van der Waals surface area contributed by atoms with Gasteiger partial charge in [-0.2, -0.15) is 0 Å². The van der Waals surface area contributed by atoms with Gasteiger partial charge in [0.05, 0.1) is 36.4 Å². The first-order valence-corrected chi connectivity index (χ1v) is 11.7. The molecule has 2 N–H and O–H groups in total. The van der Waals surface area contributed by atoms with Crippen molar-refractivity contribution in [2.45, 2.75) is 20.0 Å². The van der Waals surface area contributed by atoms with Crippen LogP contribution in [0.1, 0.15) is 27.0 Å². The number of ether oxygens (including phenoxy) is 1. The van der Waals surface area contributed by atoms with Crippen LogP contribution in [-0.4, -0.2) is 51.5 Å². The molecule has 8 nitrogen and oxygen atoms in total. The number of nitrogens with zero attached hydrogens (tertiary/aromatic N) is 4. The second-order valence-electron chi connectivity index (χ2n) is 8.91. The Morgan fingerprint density at radius 3 is 2.77 bits per heavy atom. The fourth-order valence-electron chi connectivity index (χ4n) is 4.75. The number of aromatic nitrogens is 3. The van der Waals surface area contributed by atoms with Gasteiger partial charge in [0, 0.05) is 44.1 Å². The molecule has 178 valence electrons. The van der Waals surface area contributed by atoms with Crippen molar-refractivity contribution in [2.24, 2.45) is 0 Å². The van der Waals surface area contributed by atoms with E-state index in [2.05, 4.69) is 31.6 Å². The zero-order valence-corrected chi connectivity index (χ0v) is 19.3. The third-order valence-corrected chi connectivity index (χ3v) is 6.65. The zero-order chi connectivity index (χ0) is 23.9. The Kier molecular flexibility index (Phi) is 5.43. The largest absolute Gasteiger partial charge is 0.379 e. The molecule has 1 fully saturated rings. The van der Waals surface area contributed by atoms with Crippen molar-refractivity contribution in [1.29, 1.82) is 0 Å². The molecule has 0 radical (unpaired) electrons. The summed E-state index contributed by atoms with van der Waals surface area (Å²) in [4.78, 5) is 24.0. The number of anilines is 2. The summed E-state index contributed by atoms with van der Waals surface area (Å²) in [5, 5.41) is 6.22. The van der Waals surface area contributed by atoms with Crippen LogP contribution in [0.15, 0.2) is 48.9 Å². The third-order valence-electron chi connectivity index (χ3n) is 6.65. The first kappa shape index (κ1) is 21.7. The molecule has 1 saturated heterocycles. The number of rotatable bonds is 5. The van der Waals surface area contributed by atoms with Gasteiger partial charge in [0.2, 0.25) is 0 Å². The standard InChI is InChI=1S/C26H25FN6O2/c1-16-6-7-33-21(14-29-25(33)24(16)27)18-3-4-20(23-19(18)13-30-26(23)34)31-22-5-2-17(12-28-22)15-32-8-10-35-11-9-32/h2-7,12,14H,8-11,13,15H2,1H3,(H,28,31)(H,30,34). The molecule has 3 aromatic heterocycles. The summed E-state index contributed by atoms with van der Waals surface area (Å²) in [6.45, 7) is 6.32. The van der Waals surface area contributed by atoms with Gasteiger partial charge < -0.3 is 15.4 Å². The van der Waals surface area contributed by atoms with Gasteiger partial charge in [-0.25, -0.2) is 14.4 Å². The minimum atomic E-state index is -0.342. The number of amides is 1. The van der Waals surface area contributed by atoms with Crippen LogP contribution in [0.4, 0.5) is 15.9 Å². The fraction of sp³-hybridized carbons (Fsp3) is 0.269. The summed E-state index contributed by atoms with van der Waals surface area (Å²) in [5.74, 6) is 0.174. The SMILES string of the molecule is Cc1ccn2c(-c3ccc(Nc4ccc(CN5CCOCC5)cn4)c4c3CNC4=O)cnc2c1F. The molecule has 5 heterocycles. The number of aryl methyl sites for hydroxylation is 1. The predicted molar refractivity (Wildman–Crippen MR) is 130 cm³/mol. The van der Waals surface area contributed by atoms with Crippen molar-refractivity contribution in [3.05, 3.63) is 77.0 Å². The van der Waals surface area contributed by atoms with Gasteiger partial charge in [-0.1, -0.05) is 12.1 Å². The maximum atomic E-state index is 14.6. The van der Waals surface area contributed by atoms with Crippen LogP contribution in [0.3, 0.4) is 0 Å². The summed E-state index contributed by atoms with van der Waals surface area (Å²) in [6.07, 6.45) is 5.32. The normalized spacial score (nSPS) is 15.9. The van der Waals surface area contributed by atoms with Crippen LogP contribution in [0.25, 0.3) is 16.9 Å². The fourth-order valence-corrected chi connectivity index (χ4v) is 4.75. The number of morpholine rings is 1. The molecule has 2 aliphatic heterocycles. The molecule has 0 spiro atoms. The lowest BCUT2D eigenvalue weighted by Crippen LogP contribution is -2.35. The quantitative estimate of drug-likeness (QED) is 0.461. The van der Waals surface area contributed by atoms with Crippen LogP contribution in [0.2, 0.25) is 0 Å². The van der Waals surface area contributed by atoms with E-state index in [4.69, 9.17) is 4.74 Å². The highest BCUT2D eigenvalue weighted by atomic mass is 19.1. The van der Waals surface area contributed by atoms with E-state index in [0.717, 1.165) is 55.2 Å². The number of hydrogen-bond donors (Lipinski definition) is 2. The molecule has 0 unspecified atom stereocenters. The van der Waals surface area contributed by atoms with Gasteiger partial charge in [-0.15, -0.1) is 0 Å². The molecule has 2 aliphatic rings. The van der Waals surface area contributed by atoms with Gasteiger partial charge in [0.25, 0.3) is 5.91 Å². The minimum absolute atomic E-state index is 0.149. The van der Waals surface area contributed by atoms with Gasteiger partial charge in [-0.3, -0.25) is 14.1 Å². The highest BCUT2D eigenvalue weighted by Crippen LogP contribution is 2.35. The number of hydrogen-bond acceptors (Lipinski definition) is 6. The van der Waals surface area contributed by atoms with Crippen LogP contribution in [0.5, 0.6) is 0 Å². The van der Waals surface area contributed by atoms with Crippen molar-refractivity contribution in [1.82, 2.24) is 24.6 Å². The van der Waals surface area contributed by atoms with E-state index < -0.39 is 0 Å². The summed E-state index contributed by atoms with van der Waals surface area (Å²) < 4.78 is 21.7. The molecule has 4 aromatic rings. The maximum absolute atomic E-state index is 14.6. The van der Waals surface area contributed by atoms with Gasteiger partial charge in [0.1, 0.15) is 5.82 Å². The van der Waals surface area contributed by atoms with Crippen LogP contribution in [0, 0.1) is 12.7 Å². The van der Waals surface area contributed by atoms with Crippen molar-refractivity contribution in [2.75, 3.05) is 31.6 Å². The third kappa shape index (κ3) is 3.92. The lowest BCUT2D eigenvalue weighted by atomic mass is 9.99. The predicted octanol–water partition coefficient (Wildman–Crippen LogP) is 3.66. The number of imidazole rings is 1. The van der Waals surface area contributed by atoms with Crippen LogP contribution in [-0.2, 0) is 17.8 Å². The molecule has 0 atom stereocenters. The lowest BCUT2D eigenvalue weighted by Gasteiger charge is -2.26. The Balaban J connectivity index is 1.30. The first-order chi connectivity index (χ1) is 17.1. The lowest BCUT2D eigenvalue weighted by molar-refractivity contribution is 0.0341. The highest BCUT2D eigenvalue weighted by Gasteiger charge is 2.27. The van der Waals surface area contributed by atoms with E-state index in [0.29, 0.717) is 29.2 Å². The Bertz CT molecular complexity index is 1430. The monoisotopic (exact) mass is 472 g/mol. The molecule has 1 aromatic carbocycles. The van der Waals surface area contributed by atoms with E-state index in [1.807, 2.05) is 24.4 Å². The van der Waals surface area contributed by atoms with Gasteiger partial charge in [-0.05, 0) is 41.8 Å². The number of pyridine rings is 2. The summed E-state index contributed by atoms with van der Waals surface area (Å²) in [6, 6.07) is 9.51. The Labute approximate surface area is 201 Å². The summed E-state index contributed by atoms with van der Waals surface area (Å²) >= 11 is 0. The van der Waals surface area contributed by atoms with E-state index in [-0.39, 0.29) is 17.4 Å². The number of halogens is 1. The van der Waals surface area contributed by atoms with Crippen molar-refractivity contribution >= 4 is 23.1 Å². The summed E-state index contributed by atoms with van der Waals surface area (Å²) in [5.41, 5.74) is 5.64. The summed E-state index contributed by atoms with van der Waals surface area (Å²) in [7, 11) is 0. The number of carbonyl (C=O) groups excluding carboxylic acids is 1. The van der Waals surface area contributed by atoms with Crippen LogP contribution >= 0.6 is 0 Å². The average molecular weight is 473 g/mol.